The fraction of sp³-hybridized carbons (Fsp3) is 0.462. The van der Waals surface area contributed by atoms with E-state index in [0.29, 0.717) is 0 Å². The lowest BCUT2D eigenvalue weighted by Gasteiger charge is -2.18. The van der Waals surface area contributed by atoms with Gasteiger partial charge in [0.25, 0.3) is 10.2 Å². The van der Waals surface area contributed by atoms with E-state index >= 15 is 0 Å². The Morgan fingerprint density at radius 2 is 1.80 bits per heavy atom. The van der Waals surface area contributed by atoms with E-state index in [0.717, 1.165) is 9.87 Å². The van der Waals surface area contributed by atoms with Crippen LogP contribution in [0.4, 0.5) is 0 Å². The number of ether oxygens (including phenoxy) is 1. The molecule has 0 saturated heterocycles. The Morgan fingerprint density at radius 1 is 1.25 bits per heavy atom. The van der Waals surface area contributed by atoms with E-state index in [1.54, 1.807) is 31.2 Å². The maximum atomic E-state index is 11.4. The average molecular weight is 302 g/mol. The zero-order valence-corrected chi connectivity index (χ0v) is 12.9. The first-order chi connectivity index (χ1) is 9.43. The van der Waals surface area contributed by atoms with E-state index in [2.05, 4.69) is 0 Å². The summed E-state index contributed by atoms with van der Waals surface area (Å²) in [6.07, 6.45) is 0. The van der Waals surface area contributed by atoms with Gasteiger partial charge in [-0.15, -0.1) is 0 Å². The molecule has 114 valence electrons. The molecule has 0 saturated carbocycles. The van der Waals surface area contributed by atoms with E-state index in [9.17, 15) is 13.2 Å². The Hall–Kier alpha value is -1.44. The van der Waals surface area contributed by atoms with Crippen molar-refractivity contribution in [2.45, 2.75) is 27.3 Å². The van der Waals surface area contributed by atoms with Gasteiger partial charge >= 0.3 is 5.97 Å². The summed E-state index contributed by atoms with van der Waals surface area (Å²) in [6, 6.07) is 8.88. The van der Waals surface area contributed by atoms with Gasteiger partial charge in [0, 0.05) is 6.54 Å². The Morgan fingerprint density at radius 3 is 2.25 bits per heavy atom. The third kappa shape index (κ3) is 7.22. The molecule has 7 heteroatoms. The van der Waals surface area contributed by atoms with Crippen molar-refractivity contribution in [3.63, 3.8) is 0 Å². The lowest BCUT2D eigenvalue weighted by Crippen LogP contribution is -2.40. The zero-order valence-electron chi connectivity index (χ0n) is 12.1. The molecular weight excluding hydrogens is 280 g/mol. The van der Waals surface area contributed by atoms with Crippen LogP contribution in [0, 0.1) is 0 Å². The SMILES string of the molecule is CC.CCOC(=O)CN(Cc1ccccc1)S(N)(=O)=O. The van der Waals surface area contributed by atoms with Gasteiger partial charge in [-0.2, -0.15) is 12.7 Å². The van der Waals surface area contributed by atoms with Gasteiger partial charge in [-0.25, -0.2) is 5.14 Å². The van der Waals surface area contributed by atoms with Gasteiger partial charge in [-0.1, -0.05) is 44.2 Å². The molecule has 0 heterocycles. The number of esters is 1. The number of carbonyl (C=O) groups is 1. The van der Waals surface area contributed by atoms with Gasteiger partial charge in [0.15, 0.2) is 0 Å². The lowest BCUT2D eigenvalue weighted by atomic mass is 10.2. The molecule has 0 unspecified atom stereocenters. The molecule has 0 aliphatic heterocycles. The van der Waals surface area contributed by atoms with Crippen LogP contribution in [0.15, 0.2) is 30.3 Å². The van der Waals surface area contributed by atoms with Crippen molar-refractivity contribution in [1.29, 1.82) is 0 Å². The average Bonchev–Trinajstić information content (AvgIpc) is 2.41. The van der Waals surface area contributed by atoms with Crippen molar-refractivity contribution >= 4 is 16.2 Å². The lowest BCUT2D eigenvalue weighted by molar-refractivity contribution is -0.143. The van der Waals surface area contributed by atoms with Crippen molar-refractivity contribution in [3.8, 4) is 0 Å². The smallest absolute Gasteiger partial charge is 0.321 e. The zero-order chi connectivity index (χ0) is 15.6. The molecule has 0 radical (unpaired) electrons. The van der Waals surface area contributed by atoms with Crippen LogP contribution in [0.5, 0.6) is 0 Å². The second-order valence-corrected chi connectivity index (χ2v) is 5.15. The van der Waals surface area contributed by atoms with E-state index in [1.165, 1.54) is 0 Å². The van der Waals surface area contributed by atoms with Crippen LogP contribution in [0.2, 0.25) is 0 Å². The summed E-state index contributed by atoms with van der Waals surface area (Å²) in [5.41, 5.74) is 0.746. The molecule has 0 spiro atoms. The standard InChI is InChI=1S/C11H16N2O4S.C2H6/c1-2-17-11(14)9-13(18(12,15)16)8-10-6-4-3-5-7-10;1-2/h3-7H,2,8-9H2,1H3,(H2,12,15,16);1-2H3. The third-order valence-corrected chi connectivity index (χ3v) is 3.15. The predicted molar refractivity (Wildman–Crippen MR) is 77.9 cm³/mol. The van der Waals surface area contributed by atoms with E-state index < -0.39 is 16.2 Å². The first-order valence-corrected chi connectivity index (χ1v) is 7.91. The molecule has 0 amide bonds. The molecule has 0 fully saturated rings. The minimum atomic E-state index is -3.94. The topological polar surface area (TPSA) is 89.7 Å². The van der Waals surface area contributed by atoms with Gasteiger partial charge in [0.1, 0.15) is 6.54 Å². The maximum absolute atomic E-state index is 11.4. The highest BCUT2D eigenvalue weighted by Crippen LogP contribution is 2.06. The van der Waals surface area contributed by atoms with Crippen molar-refractivity contribution in [2.24, 2.45) is 5.14 Å². The number of nitrogens with zero attached hydrogens (tertiary/aromatic N) is 1. The number of rotatable bonds is 6. The van der Waals surface area contributed by atoms with E-state index in [4.69, 9.17) is 9.88 Å². The molecule has 0 aromatic heterocycles. The molecular formula is C13H22N2O4S. The minimum Gasteiger partial charge on any atom is -0.465 e. The highest BCUT2D eigenvalue weighted by Gasteiger charge is 2.21. The van der Waals surface area contributed by atoms with Gasteiger partial charge in [0.05, 0.1) is 6.61 Å². The van der Waals surface area contributed by atoms with Crippen LogP contribution in [-0.2, 0) is 26.3 Å². The van der Waals surface area contributed by atoms with E-state index in [-0.39, 0.29) is 19.7 Å². The summed E-state index contributed by atoms with van der Waals surface area (Å²) in [6.45, 7) is 5.50. The molecule has 20 heavy (non-hydrogen) atoms. The minimum absolute atomic E-state index is 0.0402. The summed E-state index contributed by atoms with van der Waals surface area (Å²) in [7, 11) is -3.94. The van der Waals surface area contributed by atoms with E-state index in [1.807, 2.05) is 19.9 Å². The Bertz CT molecular complexity index is 488. The number of benzene rings is 1. The van der Waals surface area contributed by atoms with Crippen LogP contribution in [0.1, 0.15) is 26.3 Å². The molecule has 2 N–H and O–H groups in total. The summed E-state index contributed by atoms with van der Waals surface area (Å²) >= 11 is 0. The maximum Gasteiger partial charge on any atom is 0.321 e. The Kier molecular flexibility index (Phi) is 8.78. The van der Waals surface area contributed by atoms with Crippen molar-refractivity contribution in [1.82, 2.24) is 4.31 Å². The summed E-state index contributed by atoms with van der Waals surface area (Å²) < 4.78 is 28.3. The first-order valence-electron chi connectivity index (χ1n) is 6.41. The van der Waals surface area contributed by atoms with Gasteiger partial charge in [-0.3, -0.25) is 4.79 Å². The molecule has 1 aromatic rings. The number of nitrogens with two attached hydrogens (primary N) is 1. The van der Waals surface area contributed by atoms with Crippen molar-refractivity contribution < 1.29 is 17.9 Å². The number of hydrogen-bond acceptors (Lipinski definition) is 4. The van der Waals surface area contributed by atoms with Crippen molar-refractivity contribution in [2.75, 3.05) is 13.2 Å². The van der Waals surface area contributed by atoms with Crippen LogP contribution >= 0.6 is 0 Å². The molecule has 0 aliphatic rings. The van der Waals surface area contributed by atoms with Crippen LogP contribution in [0.3, 0.4) is 0 Å². The highest BCUT2D eigenvalue weighted by molar-refractivity contribution is 7.86. The fourth-order valence-electron chi connectivity index (χ4n) is 1.37. The van der Waals surface area contributed by atoms with Gasteiger partial charge < -0.3 is 4.74 Å². The van der Waals surface area contributed by atoms with Crippen LogP contribution in [0.25, 0.3) is 0 Å². The Labute approximate surface area is 120 Å². The molecule has 0 aliphatic carbocycles. The monoisotopic (exact) mass is 302 g/mol. The summed E-state index contributed by atoms with van der Waals surface area (Å²) in [5, 5.41) is 5.06. The second-order valence-electron chi connectivity index (χ2n) is 3.60. The third-order valence-electron chi connectivity index (χ3n) is 2.17. The normalized spacial score (nSPS) is 10.7. The predicted octanol–water partition coefficient (Wildman–Crippen LogP) is 1.28. The Balaban J connectivity index is 0.00000172. The number of carbonyl (C=O) groups excluding carboxylic acids is 1. The molecule has 6 nitrogen and oxygen atoms in total. The quantitative estimate of drug-likeness (QED) is 0.802. The first kappa shape index (κ1) is 18.6. The highest BCUT2D eigenvalue weighted by atomic mass is 32.2. The fourth-order valence-corrected chi connectivity index (χ4v) is 1.99. The van der Waals surface area contributed by atoms with Crippen LogP contribution in [-0.4, -0.2) is 31.8 Å². The molecule has 0 atom stereocenters. The molecule has 1 aromatic carbocycles. The van der Waals surface area contributed by atoms with Crippen molar-refractivity contribution in [3.05, 3.63) is 35.9 Å². The molecule has 0 bridgehead atoms. The second kappa shape index (κ2) is 9.46. The summed E-state index contributed by atoms with van der Waals surface area (Å²) in [5.74, 6) is -0.623. The summed E-state index contributed by atoms with van der Waals surface area (Å²) in [4.78, 5) is 11.3. The van der Waals surface area contributed by atoms with Gasteiger partial charge in [-0.05, 0) is 12.5 Å². The van der Waals surface area contributed by atoms with Gasteiger partial charge in [0.2, 0.25) is 0 Å². The largest absolute Gasteiger partial charge is 0.465 e. The number of hydrogen-bond donors (Lipinski definition) is 1. The molecule has 1 rings (SSSR count). The van der Waals surface area contributed by atoms with Crippen LogP contribution < -0.4 is 5.14 Å².